The van der Waals surface area contributed by atoms with Crippen molar-refractivity contribution < 1.29 is 14.0 Å². The van der Waals surface area contributed by atoms with E-state index in [1.54, 1.807) is 49.4 Å². The van der Waals surface area contributed by atoms with Crippen molar-refractivity contribution in [3.05, 3.63) is 48.0 Å². The number of anilines is 1. The number of likely N-dealkylation sites (tertiary alicyclic amines) is 1. The third-order valence-electron chi connectivity index (χ3n) is 4.39. The van der Waals surface area contributed by atoms with Gasteiger partial charge in [0.1, 0.15) is 5.82 Å². The first-order chi connectivity index (χ1) is 11.5. The lowest BCUT2D eigenvalue weighted by atomic mass is 9.83. The Morgan fingerprint density at radius 3 is 2.75 bits per heavy atom. The van der Waals surface area contributed by atoms with E-state index in [-0.39, 0.29) is 18.2 Å². The van der Waals surface area contributed by atoms with Crippen molar-refractivity contribution in [1.82, 2.24) is 14.7 Å². The SMILES string of the molecule is CN1C(=O)CCC(C(=O)Nc2cnn(C)c2)C1c1ccccc1F. The van der Waals surface area contributed by atoms with Crippen molar-refractivity contribution in [3.63, 3.8) is 0 Å². The van der Waals surface area contributed by atoms with Gasteiger partial charge in [0, 0.05) is 32.3 Å². The number of nitrogens with zero attached hydrogens (tertiary/aromatic N) is 3. The third kappa shape index (κ3) is 3.02. The van der Waals surface area contributed by atoms with Crippen LogP contribution in [0.4, 0.5) is 10.1 Å². The lowest BCUT2D eigenvalue weighted by molar-refractivity contribution is -0.140. The van der Waals surface area contributed by atoms with E-state index in [0.29, 0.717) is 17.7 Å². The van der Waals surface area contributed by atoms with E-state index < -0.39 is 17.8 Å². The fourth-order valence-electron chi connectivity index (χ4n) is 3.17. The summed E-state index contributed by atoms with van der Waals surface area (Å²) in [6, 6.07) is 5.65. The molecule has 0 radical (unpaired) electrons. The average molecular weight is 330 g/mol. The molecule has 1 N–H and O–H groups in total. The lowest BCUT2D eigenvalue weighted by Crippen LogP contribution is -2.44. The second-order valence-corrected chi connectivity index (χ2v) is 6.01. The number of hydrogen-bond donors (Lipinski definition) is 1. The summed E-state index contributed by atoms with van der Waals surface area (Å²) in [6.45, 7) is 0. The number of piperidine rings is 1. The predicted molar refractivity (Wildman–Crippen MR) is 86.5 cm³/mol. The van der Waals surface area contributed by atoms with Gasteiger partial charge >= 0.3 is 0 Å². The zero-order valence-electron chi connectivity index (χ0n) is 13.6. The van der Waals surface area contributed by atoms with Crippen LogP contribution in [0.15, 0.2) is 36.7 Å². The van der Waals surface area contributed by atoms with Gasteiger partial charge in [0.15, 0.2) is 0 Å². The van der Waals surface area contributed by atoms with Crippen LogP contribution in [0.1, 0.15) is 24.4 Å². The molecule has 2 unspecified atom stereocenters. The van der Waals surface area contributed by atoms with Gasteiger partial charge in [-0.25, -0.2) is 4.39 Å². The largest absolute Gasteiger partial charge is 0.338 e. The number of benzene rings is 1. The molecular weight excluding hydrogens is 311 g/mol. The van der Waals surface area contributed by atoms with Crippen molar-refractivity contribution in [2.45, 2.75) is 18.9 Å². The van der Waals surface area contributed by atoms with Crippen molar-refractivity contribution >= 4 is 17.5 Å². The topological polar surface area (TPSA) is 67.2 Å². The summed E-state index contributed by atoms with van der Waals surface area (Å²) in [6.07, 6.45) is 3.89. The Bertz CT molecular complexity index is 773. The molecule has 3 rings (SSSR count). The summed E-state index contributed by atoms with van der Waals surface area (Å²) >= 11 is 0. The number of hydrogen-bond acceptors (Lipinski definition) is 3. The molecule has 0 bridgehead atoms. The Hall–Kier alpha value is -2.70. The minimum absolute atomic E-state index is 0.0892. The number of carbonyl (C=O) groups excluding carboxylic acids is 2. The predicted octanol–water partition coefficient (Wildman–Crippen LogP) is 2.11. The lowest BCUT2D eigenvalue weighted by Gasteiger charge is -2.38. The molecule has 1 aliphatic rings. The molecule has 1 aromatic carbocycles. The normalized spacial score (nSPS) is 21.0. The van der Waals surface area contributed by atoms with E-state index in [0.717, 1.165) is 0 Å². The maximum Gasteiger partial charge on any atom is 0.230 e. The van der Waals surface area contributed by atoms with Crippen LogP contribution in [0.3, 0.4) is 0 Å². The van der Waals surface area contributed by atoms with Gasteiger partial charge < -0.3 is 10.2 Å². The maximum atomic E-state index is 14.3. The van der Waals surface area contributed by atoms with E-state index in [9.17, 15) is 14.0 Å². The third-order valence-corrected chi connectivity index (χ3v) is 4.39. The molecule has 126 valence electrons. The molecule has 0 spiro atoms. The van der Waals surface area contributed by atoms with Crippen LogP contribution in [-0.2, 0) is 16.6 Å². The first kappa shape index (κ1) is 16.2. The molecule has 7 heteroatoms. The summed E-state index contributed by atoms with van der Waals surface area (Å²) in [5.41, 5.74) is 0.939. The highest BCUT2D eigenvalue weighted by molar-refractivity contribution is 5.94. The van der Waals surface area contributed by atoms with E-state index in [1.807, 2.05) is 0 Å². The van der Waals surface area contributed by atoms with Crippen LogP contribution >= 0.6 is 0 Å². The Morgan fingerprint density at radius 2 is 2.08 bits per heavy atom. The Labute approximate surface area is 139 Å². The average Bonchev–Trinajstić information content (AvgIpc) is 2.95. The molecule has 2 amide bonds. The van der Waals surface area contributed by atoms with Gasteiger partial charge in [0.2, 0.25) is 11.8 Å². The first-order valence-corrected chi connectivity index (χ1v) is 7.77. The molecule has 1 saturated heterocycles. The number of aryl methyl sites for hydroxylation is 1. The molecule has 2 heterocycles. The fourth-order valence-corrected chi connectivity index (χ4v) is 3.17. The molecule has 24 heavy (non-hydrogen) atoms. The highest BCUT2D eigenvalue weighted by Crippen LogP contribution is 2.37. The van der Waals surface area contributed by atoms with E-state index in [1.165, 1.54) is 11.0 Å². The van der Waals surface area contributed by atoms with Gasteiger partial charge in [0.25, 0.3) is 0 Å². The number of rotatable bonds is 3. The Balaban J connectivity index is 1.90. The van der Waals surface area contributed by atoms with Crippen LogP contribution < -0.4 is 5.32 Å². The summed E-state index contributed by atoms with van der Waals surface area (Å²) in [5, 5.41) is 6.81. The number of carbonyl (C=O) groups is 2. The van der Waals surface area contributed by atoms with Crippen molar-refractivity contribution in [2.24, 2.45) is 13.0 Å². The van der Waals surface area contributed by atoms with Crippen molar-refractivity contribution in [2.75, 3.05) is 12.4 Å². The number of nitrogens with one attached hydrogen (secondary N) is 1. The molecular formula is C17H19FN4O2. The first-order valence-electron chi connectivity index (χ1n) is 7.77. The summed E-state index contributed by atoms with van der Waals surface area (Å²) in [5.74, 6) is -1.27. The summed E-state index contributed by atoms with van der Waals surface area (Å²) in [4.78, 5) is 26.3. The monoisotopic (exact) mass is 330 g/mol. The molecule has 1 aromatic heterocycles. The number of amides is 2. The second-order valence-electron chi connectivity index (χ2n) is 6.01. The molecule has 1 fully saturated rings. The molecule has 6 nitrogen and oxygen atoms in total. The van der Waals surface area contributed by atoms with Gasteiger partial charge in [-0.1, -0.05) is 18.2 Å². The van der Waals surface area contributed by atoms with E-state index in [2.05, 4.69) is 10.4 Å². The Kier molecular flexibility index (Phi) is 4.33. The van der Waals surface area contributed by atoms with E-state index >= 15 is 0 Å². The van der Waals surface area contributed by atoms with Gasteiger partial charge in [-0.15, -0.1) is 0 Å². The highest BCUT2D eigenvalue weighted by atomic mass is 19.1. The zero-order valence-corrected chi connectivity index (χ0v) is 13.6. The highest BCUT2D eigenvalue weighted by Gasteiger charge is 2.40. The number of aromatic nitrogens is 2. The van der Waals surface area contributed by atoms with Crippen LogP contribution in [0, 0.1) is 11.7 Å². The van der Waals surface area contributed by atoms with Gasteiger partial charge in [0.05, 0.1) is 23.8 Å². The van der Waals surface area contributed by atoms with Crippen LogP contribution in [0.25, 0.3) is 0 Å². The fraction of sp³-hybridized carbons (Fsp3) is 0.353. The van der Waals surface area contributed by atoms with Crippen molar-refractivity contribution in [1.29, 1.82) is 0 Å². The maximum absolute atomic E-state index is 14.3. The standard InChI is InChI=1S/C17H19FN4O2/c1-21-10-11(9-19-21)20-17(24)13-7-8-15(23)22(2)16(13)12-5-3-4-6-14(12)18/h3-6,9-10,13,16H,7-8H2,1-2H3,(H,20,24). The molecule has 2 atom stereocenters. The quantitative estimate of drug-likeness (QED) is 0.937. The molecule has 1 aliphatic heterocycles. The summed E-state index contributed by atoms with van der Waals surface area (Å²) in [7, 11) is 3.37. The van der Waals surface area contributed by atoms with Gasteiger partial charge in [-0.2, -0.15) is 5.10 Å². The van der Waals surface area contributed by atoms with Crippen LogP contribution in [0.2, 0.25) is 0 Å². The van der Waals surface area contributed by atoms with Gasteiger partial charge in [-0.3, -0.25) is 14.3 Å². The smallest absolute Gasteiger partial charge is 0.230 e. The summed E-state index contributed by atoms with van der Waals surface area (Å²) < 4.78 is 15.8. The second kappa shape index (κ2) is 6.43. The zero-order chi connectivity index (χ0) is 17.3. The molecule has 0 aliphatic carbocycles. The Morgan fingerprint density at radius 1 is 1.33 bits per heavy atom. The van der Waals surface area contributed by atoms with Gasteiger partial charge in [-0.05, 0) is 12.5 Å². The molecule has 2 aromatic rings. The van der Waals surface area contributed by atoms with E-state index in [4.69, 9.17) is 0 Å². The van der Waals surface area contributed by atoms with Crippen LogP contribution in [-0.4, -0.2) is 33.5 Å². The van der Waals surface area contributed by atoms with Crippen molar-refractivity contribution in [3.8, 4) is 0 Å². The number of halogens is 1. The minimum atomic E-state index is -0.621. The van der Waals surface area contributed by atoms with Crippen LogP contribution in [0.5, 0.6) is 0 Å². The molecule has 0 saturated carbocycles. The minimum Gasteiger partial charge on any atom is -0.338 e.